The Hall–Kier alpha value is -3.95. The summed E-state index contributed by atoms with van der Waals surface area (Å²) in [7, 11) is 0. The van der Waals surface area contributed by atoms with Crippen molar-refractivity contribution in [1.82, 2.24) is 19.1 Å². The van der Waals surface area contributed by atoms with E-state index in [1.807, 2.05) is 43.3 Å². The van der Waals surface area contributed by atoms with Gasteiger partial charge in [-0.15, -0.1) is 0 Å². The second kappa shape index (κ2) is 12.8. The minimum absolute atomic E-state index is 0.280. The Balaban J connectivity index is 0.000000886. The molecule has 0 unspecified atom stereocenters. The first-order valence-corrected chi connectivity index (χ1v) is 12.6. The smallest absolute Gasteiger partial charge is 0.354 e. The molecule has 1 fully saturated rings. The number of nitrogens with zero attached hydrogens (tertiary/aromatic N) is 4. The predicted octanol–water partition coefficient (Wildman–Crippen LogP) is 3.98. The summed E-state index contributed by atoms with van der Waals surface area (Å²) >= 11 is 0. The Kier molecular flexibility index (Phi) is 9.59. The van der Waals surface area contributed by atoms with Crippen LogP contribution in [0, 0.1) is 18.8 Å². The van der Waals surface area contributed by atoms with E-state index in [2.05, 4.69) is 27.9 Å². The first-order chi connectivity index (χ1) is 17.7. The number of hydrogen-bond acceptors (Lipinski definition) is 7. The molecule has 2 aromatic heterocycles. The molecule has 0 bridgehead atoms. The lowest BCUT2D eigenvalue weighted by Crippen LogP contribution is -2.43. The van der Waals surface area contributed by atoms with Crippen molar-refractivity contribution < 1.29 is 9.53 Å². The maximum atomic E-state index is 13.1. The largest absolute Gasteiger partial charge is 0.439 e. The molecule has 10 nitrogen and oxygen atoms in total. The van der Waals surface area contributed by atoms with Crippen molar-refractivity contribution in [2.24, 2.45) is 17.6 Å². The van der Waals surface area contributed by atoms with Gasteiger partial charge < -0.3 is 15.8 Å². The number of ether oxygens (including phenoxy) is 1. The molecule has 0 saturated heterocycles. The van der Waals surface area contributed by atoms with Crippen molar-refractivity contribution in [3.05, 3.63) is 69.1 Å². The number of amides is 1. The quantitative estimate of drug-likeness (QED) is 0.493. The van der Waals surface area contributed by atoms with Gasteiger partial charge in [-0.2, -0.15) is 4.98 Å². The van der Waals surface area contributed by atoms with Gasteiger partial charge in [0.25, 0.3) is 0 Å². The highest BCUT2D eigenvalue weighted by atomic mass is 16.5. The summed E-state index contributed by atoms with van der Waals surface area (Å²) < 4.78 is 8.60. The number of primary amides is 1. The fraction of sp³-hybridized carbons (Fsp3) is 0.444. The standard InChI is InChI=1S/C25H31N5O3.C2H5NO/c1-4-29-24(31)28-23(30(25(29)32)16-19-10-8-17(2)9-11-19)27-20-12-14-21(15-13-20)33-22-7-5-6-18(3)26-22;1-2(3)4/h5-7,12-15,17,19H,4,8-11,16H2,1-3H3,(H,27,28,31);1H3,(H2,3,4). The molecule has 3 aromatic rings. The molecule has 198 valence electrons. The highest BCUT2D eigenvalue weighted by molar-refractivity contribution is 5.70. The molecule has 0 spiro atoms. The van der Waals surface area contributed by atoms with Crippen molar-refractivity contribution in [2.45, 2.75) is 66.5 Å². The van der Waals surface area contributed by atoms with Crippen LogP contribution in [0.4, 0.5) is 11.6 Å². The Morgan fingerprint density at radius 1 is 1.05 bits per heavy atom. The number of benzene rings is 1. The van der Waals surface area contributed by atoms with Crippen molar-refractivity contribution >= 4 is 17.5 Å². The second-order valence-electron chi connectivity index (χ2n) is 9.46. The number of anilines is 2. The van der Waals surface area contributed by atoms with Gasteiger partial charge in [0.15, 0.2) is 0 Å². The second-order valence-corrected chi connectivity index (χ2v) is 9.46. The number of nitrogens with two attached hydrogens (primary N) is 1. The van der Waals surface area contributed by atoms with Crippen LogP contribution in [0.15, 0.2) is 52.1 Å². The Bertz CT molecular complexity index is 1300. The molecule has 1 aromatic carbocycles. The number of aromatic nitrogens is 4. The number of aryl methyl sites for hydroxylation is 1. The van der Waals surface area contributed by atoms with Gasteiger partial charge in [0.05, 0.1) is 0 Å². The summed E-state index contributed by atoms with van der Waals surface area (Å²) in [6.45, 7) is 8.13. The normalized spacial score (nSPS) is 16.9. The average Bonchev–Trinajstić information content (AvgIpc) is 2.84. The third-order valence-electron chi connectivity index (χ3n) is 6.24. The zero-order chi connectivity index (χ0) is 26.9. The summed E-state index contributed by atoms with van der Waals surface area (Å²) in [6.07, 6.45) is 4.50. The third-order valence-corrected chi connectivity index (χ3v) is 6.24. The van der Waals surface area contributed by atoms with Gasteiger partial charge in [-0.25, -0.2) is 19.1 Å². The van der Waals surface area contributed by atoms with Crippen LogP contribution < -0.4 is 27.2 Å². The summed E-state index contributed by atoms with van der Waals surface area (Å²) in [6, 6.07) is 12.9. The molecule has 0 atom stereocenters. The molecule has 10 heteroatoms. The first kappa shape index (κ1) is 27.6. The van der Waals surface area contributed by atoms with E-state index in [1.54, 1.807) is 17.6 Å². The molecule has 0 radical (unpaired) electrons. The zero-order valence-electron chi connectivity index (χ0n) is 21.9. The van der Waals surface area contributed by atoms with Crippen molar-refractivity contribution in [1.29, 1.82) is 0 Å². The van der Waals surface area contributed by atoms with Crippen LogP contribution in [-0.2, 0) is 17.9 Å². The van der Waals surface area contributed by atoms with E-state index in [-0.39, 0.29) is 17.5 Å². The Morgan fingerprint density at radius 2 is 1.70 bits per heavy atom. The Labute approximate surface area is 216 Å². The summed E-state index contributed by atoms with van der Waals surface area (Å²) in [4.78, 5) is 43.3. The fourth-order valence-corrected chi connectivity index (χ4v) is 4.26. The lowest BCUT2D eigenvalue weighted by Gasteiger charge is -2.27. The molecule has 1 amide bonds. The molecule has 3 N–H and O–H groups in total. The van der Waals surface area contributed by atoms with E-state index in [1.165, 1.54) is 24.3 Å². The number of pyridine rings is 1. The van der Waals surface area contributed by atoms with Gasteiger partial charge in [-0.1, -0.05) is 25.8 Å². The predicted molar refractivity (Wildman–Crippen MR) is 143 cm³/mol. The summed E-state index contributed by atoms with van der Waals surface area (Å²) in [5.74, 6) is 2.25. The van der Waals surface area contributed by atoms with E-state index in [4.69, 9.17) is 4.74 Å². The van der Waals surface area contributed by atoms with Crippen molar-refractivity contribution in [2.75, 3.05) is 5.32 Å². The summed E-state index contributed by atoms with van der Waals surface area (Å²) in [5.41, 5.74) is 5.21. The van der Waals surface area contributed by atoms with Gasteiger partial charge >= 0.3 is 11.4 Å². The fourth-order valence-electron chi connectivity index (χ4n) is 4.26. The van der Waals surface area contributed by atoms with E-state index in [0.717, 1.165) is 24.5 Å². The number of hydrogen-bond donors (Lipinski definition) is 2. The third kappa shape index (κ3) is 8.03. The lowest BCUT2D eigenvalue weighted by atomic mass is 9.83. The van der Waals surface area contributed by atoms with Crippen LogP contribution in [0.5, 0.6) is 11.6 Å². The molecule has 37 heavy (non-hydrogen) atoms. The lowest BCUT2D eigenvalue weighted by molar-refractivity contribution is -0.115. The number of nitrogens with one attached hydrogen (secondary N) is 1. The van der Waals surface area contributed by atoms with E-state index in [9.17, 15) is 14.4 Å². The van der Waals surface area contributed by atoms with E-state index >= 15 is 0 Å². The SMILES string of the molecule is CC(N)=O.CCn1c(=O)nc(Nc2ccc(Oc3cccc(C)n3)cc2)n(CC2CCC(C)CC2)c1=O. The van der Waals surface area contributed by atoms with Crippen LogP contribution >= 0.6 is 0 Å². The van der Waals surface area contributed by atoms with Gasteiger partial charge in [-0.3, -0.25) is 9.36 Å². The van der Waals surface area contributed by atoms with Crippen LogP contribution in [0.3, 0.4) is 0 Å². The molecule has 4 rings (SSSR count). The first-order valence-electron chi connectivity index (χ1n) is 12.6. The van der Waals surface area contributed by atoms with Crippen LogP contribution in [0.25, 0.3) is 0 Å². The van der Waals surface area contributed by atoms with Crippen LogP contribution in [0.2, 0.25) is 0 Å². The zero-order valence-corrected chi connectivity index (χ0v) is 21.9. The highest BCUT2D eigenvalue weighted by Crippen LogP contribution is 2.30. The van der Waals surface area contributed by atoms with Crippen LogP contribution in [0.1, 0.15) is 52.1 Å². The molecular formula is C27H36N6O4. The van der Waals surface area contributed by atoms with Gasteiger partial charge in [-0.05, 0) is 68.9 Å². The van der Waals surface area contributed by atoms with Gasteiger partial charge in [0.1, 0.15) is 5.75 Å². The highest BCUT2D eigenvalue weighted by Gasteiger charge is 2.22. The minimum Gasteiger partial charge on any atom is -0.439 e. The van der Waals surface area contributed by atoms with E-state index < -0.39 is 5.69 Å². The van der Waals surface area contributed by atoms with E-state index in [0.29, 0.717) is 36.3 Å². The Morgan fingerprint density at radius 3 is 2.30 bits per heavy atom. The van der Waals surface area contributed by atoms with Crippen LogP contribution in [-0.4, -0.2) is 25.0 Å². The average molecular weight is 509 g/mol. The molecule has 1 aliphatic carbocycles. The molecule has 1 saturated carbocycles. The summed E-state index contributed by atoms with van der Waals surface area (Å²) in [5, 5.41) is 3.17. The number of carbonyl (C=O) groups excluding carboxylic acids is 1. The molecule has 2 heterocycles. The monoisotopic (exact) mass is 508 g/mol. The maximum Gasteiger partial charge on any atom is 0.354 e. The number of rotatable bonds is 7. The van der Waals surface area contributed by atoms with Gasteiger partial charge in [0, 0.05) is 37.5 Å². The molecular weight excluding hydrogens is 472 g/mol. The molecule has 0 aliphatic heterocycles. The minimum atomic E-state index is -0.538. The molecule has 1 aliphatic rings. The number of carbonyl (C=O) groups is 1. The van der Waals surface area contributed by atoms with Gasteiger partial charge in [0.2, 0.25) is 17.7 Å². The topological polar surface area (TPSA) is 134 Å². The van der Waals surface area contributed by atoms with Crippen molar-refractivity contribution in [3.63, 3.8) is 0 Å². The maximum absolute atomic E-state index is 13.1. The van der Waals surface area contributed by atoms with Crippen molar-refractivity contribution in [3.8, 4) is 11.6 Å².